The molecule has 1 heterocycles. The van der Waals surface area contributed by atoms with Crippen LogP contribution in [-0.4, -0.2) is 36.3 Å². The van der Waals surface area contributed by atoms with Crippen molar-refractivity contribution in [2.24, 2.45) is 0 Å². The first kappa shape index (κ1) is 14.9. The number of rotatable bonds is 3. The normalized spacial score (nSPS) is 15.0. The fraction of sp³-hybridized carbons (Fsp3) is 0.467. The van der Waals surface area contributed by atoms with Gasteiger partial charge in [-0.3, -0.25) is 9.59 Å². The third-order valence-electron chi connectivity index (χ3n) is 3.57. The van der Waals surface area contributed by atoms with Crippen molar-refractivity contribution in [1.82, 2.24) is 10.2 Å². The number of nitrogens with zero attached hydrogens (tertiary/aromatic N) is 1. The van der Waals surface area contributed by atoms with Crippen molar-refractivity contribution in [2.75, 3.05) is 19.6 Å². The van der Waals surface area contributed by atoms with Crippen molar-refractivity contribution >= 4 is 24.4 Å². The fourth-order valence-corrected chi connectivity index (χ4v) is 2.56. The number of nitrogens with one attached hydrogen (secondary N) is 1. The zero-order valence-electron chi connectivity index (χ0n) is 11.7. The summed E-state index contributed by atoms with van der Waals surface area (Å²) in [4.78, 5) is 26.6. The number of carbonyl (C=O) groups excluding carboxylic acids is 2. The minimum atomic E-state index is -0.219. The highest BCUT2D eigenvalue weighted by molar-refractivity contribution is 7.80. The Morgan fingerprint density at radius 3 is 2.65 bits per heavy atom. The molecule has 1 aromatic rings. The molecule has 0 bridgehead atoms. The van der Waals surface area contributed by atoms with Crippen molar-refractivity contribution < 1.29 is 9.59 Å². The van der Waals surface area contributed by atoms with Crippen LogP contribution in [0.1, 0.15) is 35.2 Å². The van der Waals surface area contributed by atoms with Gasteiger partial charge in [0.2, 0.25) is 5.91 Å². The van der Waals surface area contributed by atoms with Crippen LogP contribution in [0.3, 0.4) is 0 Å². The maximum absolute atomic E-state index is 12.1. The molecule has 1 fully saturated rings. The highest BCUT2D eigenvalue weighted by Crippen LogP contribution is 2.14. The molecule has 1 N–H and O–H groups in total. The van der Waals surface area contributed by atoms with Crippen LogP contribution >= 0.6 is 12.6 Å². The second-order valence-electron chi connectivity index (χ2n) is 5.12. The molecular formula is C15H20N2O2S. The topological polar surface area (TPSA) is 49.4 Å². The van der Waals surface area contributed by atoms with E-state index in [1.807, 2.05) is 24.0 Å². The molecule has 1 saturated heterocycles. The molecule has 1 aliphatic rings. The molecule has 0 spiro atoms. The Balaban J connectivity index is 1.91. The van der Waals surface area contributed by atoms with Gasteiger partial charge in [-0.1, -0.05) is 6.07 Å². The lowest BCUT2D eigenvalue weighted by Gasteiger charge is -2.26. The van der Waals surface area contributed by atoms with Gasteiger partial charge in [-0.05, 0) is 43.9 Å². The minimum absolute atomic E-state index is 0.00210. The van der Waals surface area contributed by atoms with Crippen LogP contribution in [0.5, 0.6) is 0 Å². The van der Waals surface area contributed by atoms with Crippen LogP contribution in [0.2, 0.25) is 0 Å². The smallest absolute Gasteiger partial charge is 0.252 e. The Hall–Kier alpha value is -1.49. The average Bonchev–Trinajstić information content (AvgIpc) is 2.47. The molecule has 1 aromatic carbocycles. The molecule has 0 aliphatic carbocycles. The van der Waals surface area contributed by atoms with Crippen LogP contribution in [0.15, 0.2) is 23.1 Å². The number of likely N-dealkylation sites (tertiary alicyclic amines) is 1. The van der Waals surface area contributed by atoms with Crippen molar-refractivity contribution in [3.8, 4) is 0 Å². The van der Waals surface area contributed by atoms with Crippen molar-refractivity contribution in [3.63, 3.8) is 0 Å². The van der Waals surface area contributed by atoms with Gasteiger partial charge in [0, 0.05) is 23.5 Å². The number of benzene rings is 1. The van der Waals surface area contributed by atoms with Crippen LogP contribution in [-0.2, 0) is 4.79 Å². The molecule has 4 nitrogen and oxygen atoms in total. The van der Waals surface area contributed by atoms with E-state index in [0.29, 0.717) is 5.56 Å². The quantitative estimate of drug-likeness (QED) is 0.838. The summed E-state index contributed by atoms with van der Waals surface area (Å²) in [5.41, 5.74) is 1.45. The van der Waals surface area contributed by atoms with Crippen molar-refractivity contribution in [3.05, 3.63) is 29.3 Å². The number of amides is 2. The monoisotopic (exact) mass is 292 g/mol. The van der Waals surface area contributed by atoms with E-state index >= 15 is 0 Å². The summed E-state index contributed by atoms with van der Waals surface area (Å²) in [6.45, 7) is 3.55. The van der Waals surface area contributed by atoms with Crippen molar-refractivity contribution in [1.29, 1.82) is 0 Å². The van der Waals surface area contributed by atoms with Gasteiger partial charge in [-0.2, -0.15) is 0 Å². The molecule has 20 heavy (non-hydrogen) atoms. The van der Waals surface area contributed by atoms with Crippen molar-refractivity contribution in [2.45, 2.75) is 31.1 Å². The Bertz CT molecular complexity index is 511. The van der Waals surface area contributed by atoms with Crippen LogP contribution < -0.4 is 5.32 Å². The third-order valence-corrected chi connectivity index (χ3v) is 3.85. The highest BCUT2D eigenvalue weighted by atomic mass is 32.1. The van der Waals surface area contributed by atoms with E-state index in [2.05, 4.69) is 17.9 Å². The third kappa shape index (κ3) is 3.76. The van der Waals surface area contributed by atoms with Gasteiger partial charge in [-0.25, -0.2) is 0 Å². The van der Waals surface area contributed by atoms with Crippen LogP contribution in [0.4, 0.5) is 0 Å². The van der Waals surface area contributed by atoms with Crippen LogP contribution in [0, 0.1) is 6.92 Å². The maximum Gasteiger partial charge on any atom is 0.252 e. The van der Waals surface area contributed by atoms with Gasteiger partial charge >= 0.3 is 0 Å². The van der Waals surface area contributed by atoms with E-state index in [0.717, 1.165) is 36.4 Å². The largest absolute Gasteiger partial charge is 0.343 e. The first-order chi connectivity index (χ1) is 9.58. The number of piperidine rings is 1. The van der Waals surface area contributed by atoms with Gasteiger partial charge < -0.3 is 10.2 Å². The number of hydrogen-bond acceptors (Lipinski definition) is 3. The molecule has 0 aromatic heterocycles. The molecule has 2 amide bonds. The summed E-state index contributed by atoms with van der Waals surface area (Å²) in [5, 5.41) is 2.70. The van der Waals surface area contributed by atoms with Gasteiger partial charge in [0.05, 0.1) is 6.54 Å². The minimum Gasteiger partial charge on any atom is -0.343 e. The summed E-state index contributed by atoms with van der Waals surface area (Å²) in [7, 11) is 0. The molecule has 1 aliphatic heterocycles. The van der Waals surface area contributed by atoms with Gasteiger partial charge in [0.25, 0.3) is 5.91 Å². The second-order valence-corrected chi connectivity index (χ2v) is 5.64. The Morgan fingerprint density at radius 1 is 1.25 bits per heavy atom. The molecule has 0 radical (unpaired) electrons. The lowest BCUT2D eigenvalue weighted by molar-refractivity contribution is -0.130. The molecule has 2 rings (SSSR count). The lowest BCUT2D eigenvalue weighted by Crippen LogP contribution is -2.42. The van der Waals surface area contributed by atoms with E-state index in [4.69, 9.17) is 0 Å². The van der Waals surface area contributed by atoms with E-state index in [9.17, 15) is 9.59 Å². The molecule has 108 valence electrons. The number of thiol groups is 1. The predicted molar refractivity (Wildman–Crippen MR) is 81.2 cm³/mol. The Morgan fingerprint density at radius 2 is 1.95 bits per heavy atom. The first-order valence-electron chi connectivity index (χ1n) is 6.93. The van der Waals surface area contributed by atoms with E-state index in [1.165, 1.54) is 6.42 Å². The Labute approximate surface area is 124 Å². The number of aryl methyl sites for hydroxylation is 1. The maximum atomic E-state index is 12.1. The zero-order valence-corrected chi connectivity index (χ0v) is 12.6. The number of carbonyl (C=O) groups is 2. The SMILES string of the molecule is Cc1ccc(S)cc1C(=O)NCC(=O)N1CCCCC1. The standard InChI is InChI=1S/C15H20N2O2S/c1-11-5-6-12(20)9-13(11)15(19)16-10-14(18)17-7-3-2-4-8-17/h5-6,9,20H,2-4,7-8,10H2,1H3,(H,16,19). The predicted octanol–water partition coefficient (Wildman–Crippen LogP) is 2.03. The second kappa shape index (κ2) is 6.79. The summed E-state index contributed by atoms with van der Waals surface area (Å²) in [5.74, 6) is -0.221. The van der Waals surface area contributed by atoms with E-state index < -0.39 is 0 Å². The van der Waals surface area contributed by atoms with Gasteiger partial charge in [0.1, 0.15) is 0 Å². The zero-order chi connectivity index (χ0) is 14.5. The van der Waals surface area contributed by atoms with Crippen LogP contribution in [0.25, 0.3) is 0 Å². The first-order valence-corrected chi connectivity index (χ1v) is 7.38. The Kier molecular flexibility index (Phi) is 5.06. The number of hydrogen-bond donors (Lipinski definition) is 2. The summed E-state index contributed by atoms with van der Waals surface area (Å²) < 4.78 is 0. The molecule has 5 heteroatoms. The van der Waals surface area contributed by atoms with Gasteiger partial charge in [0.15, 0.2) is 0 Å². The van der Waals surface area contributed by atoms with Gasteiger partial charge in [-0.15, -0.1) is 12.6 Å². The molecule has 0 saturated carbocycles. The average molecular weight is 292 g/mol. The summed E-state index contributed by atoms with van der Waals surface area (Å²) in [6.07, 6.45) is 3.30. The van der Waals surface area contributed by atoms with E-state index in [-0.39, 0.29) is 18.4 Å². The highest BCUT2D eigenvalue weighted by Gasteiger charge is 2.17. The molecular weight excluding hydrogens is 272 g/mol. The molecule has 0 unspecified atom stereocenters. The fourth-order valence-electron chi connectivity index (χ4n) is 2.36. The summed E-state index contributed by atoms with van der Waals surface area (Å²) >= 11 is 4.23. The molecule has 0 atom stereocenters. The lowest BCUT2D eigenvalue weighted by atomic mass is 10.1. The van der Waals surface area contributed by atoms with E-state index in [1.54, 1.807) is 6.07 Å². The summed E-state index contributed by atoms with van der Waals surface area (Å²) in [6, 6.07) is 5.41.